The lowest BCUT2D eigenvalue weighted by molar-refractivity contribution is -0.146. The second-order valence-corrected chi connectivity index (χ2v) is 6.47. The normalized spacial score (nSPS) is 11.3. The SMILES string of the molecule is Cc1ccc(-c2ccc(CC(N)C(=O)OCc3ccccc3)cc2)cc1.Cl. The van der Waals surface area contributed by atoms with Crippen LogP contribution in [0, 0.1) is 6.92 Å². The van der Waals surface area contributed by atoms with Crippen molar-refractivity contribution in [2.75, 3.05) is 0 Å². The van der Waals surface area contributed by atoms with Crippen molar-refractivity contribution in [1.82, 2.24) is 0 Å². The molecule has 3 nitrogen and oxygen atoms in total. The second kappa shape index (κ2) is 9.91. The van der Waals surface area contributed by atoms with E-state index in [0.29, 0.717) is 6.42 Å². The van der Waals surface area contributed by atoms with Crippen LogP contribution in [0.3, 0.4) is 0 Å². The first-order chi connectivity index (χ1) is 12.6. The van der Waals surface area contributed by atoms with E-state index >= 15 is 0 Å². The van der Waals surface area contributed by atoms with E-state index in [1.807, 2.05) is 42.5 Å². The molecule has 140 valence electrons. The summed E-state index contributed by atoms with van der Waals surface area (Å²) < 4.78 is 5.30. The smallest absolute Gasteiger partial charge is 0.323 e. The van der Waals surface area contributed by atoms with Gasteiger partial charge in [0.25, 0.3) is 0 Å². The van der Waals surface area contributed by atoms with E-state index in [4.69, 9.17) is 10.5 Å². The van der Waals surface area contributed by atoms with Crippen molar-refractivity contribution in [2.24, 2.45) is 5.73 Å². The molecule has 0 aliphatic carbocycles. The highest BCUT2D eigenvalue weighted by atomic mass is 35.5. The van der Waals surface area contributed by atoms with Gasteiger partial charge in [0.1, 0.15) is 12.6 Å². The van der Waals surface area contributed by atoms with Gasteiger partial charge in [0.05, 0.1) is 0 Å². The fourth-order valence-electron chi connectivity index (χ4n) is 2.75. The zero-order chi connectivity index (χ0) is 18.4. The summed E-state index contributed by atoms with van der Waals surface area (Å²) >= 11 is 0. The molecular weight excluding hydrogens is 358 g/mol. The van der Waals surface area contributed by atoms with Crippen LogP contribution in [0.4, 0.5) is 0 Å². The van der Waals surface area contributed by atoms with Crippen molar-refractivity contribution >= 4 is 18.4 Å². The molecule has 3 aromatic rings. The number of hydrogen-bond acceptors (Lipinski definition) is 3. The number of carbonyl (C=O) groups is 1. The molecule has 0 heterocycles. The highest BCUT2D eigenvalue weighted by Gasteiger charge is 2.15. The third kappa shape index (κ3) is 5.95. The zero-order valence-corrected chi connectivity index (χ0v) is 16.1. The number of benzene rings is 3. The highest BCUT2D eigenvalue weighted by molar-refractivity contribution is 5.85. The monoisotopic (exact) mass is 381 g/mol. The quantitative estimate of drug-likeness (QED) is 0.630. The van der Waals surface area contributed by atoms with Gasteiger partial charge >= 0.3 is 5.97 Å². The predicted octanol–water partition coefficient (Wildman–Crippen LogP) is 4.70. The van der Waals surface area contributed by atoms with Gasteiger partial charge in [0.2, 0.25) is 0 Å². The minimum Gasteiger partial charge on any atom is -0.460 e. The number of aryl methyl sites for hydroxylation is 1. The maximum absolute atomic E-state index is 12.1. The van der Waals surface area contributed by atoms with Crippen molar-refractivity contribution in [2.45, 2.75) is 26.0 Å². The van der Waals surface area contributed by atoms with Crippen molar-refractivity contribution in [3.05, 3.63) is 95.6 Å². The van der Waals surface area contributed by atoms with Crippen LogP contribution in [-0.2, 0) is 22.6 Å². The van der Waals surface area contributed by atoms with Crippen molar-refractivity contribution in [1.29, 1.82) is 0 Å². The molecule has 0 bridgehead atoms. The summed E-state index contributed by atoms with van der Waals surface area (Å²) in [6.07, 6.45) is 0.460. The second-order valence-electron chi connectivity index (χ2n) is 6.47. The van der Waals surface area contributed by atoms with Crippen molar-refractivity contribution in [3.8, 4) is 11.1 Å². The average molecular weight is 382 g/mol. The third-order valence-electron chi connectivity index (χ3n) is 4.32. The molecule has 0 aromatic heterocycles. The van der Waals surface area contributed by atoms with Crippen LogP contribution in [0.1, 0.15) is 16.7 Å². The number of ether oxygens (including phenoxy) is 1. The molecule has 0 spiro atoms. The Morgan fingerprint density at radius 1 is 0.852 bits per heavy atom. The number of hydrogen-bond donors (Lipinski definition) is 1. The molecule has 0 aliphatic heterocycles. The summed E-state index contributed by atoms with van der Waals surface area (Å²) in [6.45, 7) is 2.32. The van der Waals surface area contributed by atoms with E-state index in [0.717, 1.165) is 16.7 Å². The molecule has 1 unspecified atom stereocenters. The van der Waals surface area contributed by atoms with E-state index in [-0.39, 0.29) is 25.0 Å². The summed E-state index contributed by atoms with van der Waals surface area (Å²) in [4.78, 5) is 12.1. The summed E-state index contributed by atoms with van der Waals surface area (Å²) in [6, 6.07) is 25.5. The molecule has 2 N–H and O–H groups in total. The van der Waals surface area contributed by atoms with E-state index < -0.39 is 6.04 Å². The Morgan fingerprint density at radius 2 is 1.41 bits per heavy atom. The van der Waals surface area contributed by atoms with Crippen molar-refractivity contribution < 1.29 is 9.53 Å². The maximum atomic E-state index is 12.1. The lowest BCUT2D eigenvalue weighted by atomic mass is 10.0. The topological polar surface area (TPSA) is 52.3 Å². The molecule has 3 aromatic carbocycles. The number of carbonyl (C=O) groups excluding carboxylic acids is 1. The Morgan fingerprint density at radius 3 is 2.00 bits per heavy atom. The first kappa shape index (κ1) is 20.7. The maximum Gasteiger partial charge on any atom is 0.323 e. The minimum absolute atomic E-state index is 0. The molecule has 0 radical (unpaired) electrons. The Balaban J connectivity index is 0.00000261. The van der Waals surface area contributed by atoms with E-state index in [9.17, 15) is 4.79 Å². The fourth-order valence-corrected chi connectivity index (χ4v) is 2.75. The molecular formula is C23H24ClNO2. The summed E-state index contributed by atoms with van der Waals surface area (Å²) in [5.74, 6) is -0.378. The summed E-state index contributed by atoms with van der Waals surface area (Å²) in [5, 5.41) is 0. The largest absolute Gasteiger partial charge is 0.460 e. The summed E-state index contributed by atoms with van der Waals surface area (Å²) in [7, 11) is 0. The molecule has 0 fully saturated rings. The molecule has 4 heteroatoms. The van der Waals surface area contributed by atoms with Gasteiger partial charge in [0.15, 0.2) is 0 Å². The molecule has 3 rings (SSSR count). The van der Waals surface area contributed by atoms with Crippen LogP contribution in [-0.4, -0.2) is 12.0 Å². The highest BCUT2D eigenvalue weighted by Crippen LogP contribution is 2.20. The van der Waals surface area contributed by atoms with Gasteiger partial charge < -0.3 is 10.5 Å². The molecule has 1 atom stereocenters. The van der Waals surface area contributed by atoms with Gasteiger partial charge in [0, 0.05) is 0 Å². The lowest BCUT2D eigenvalue weighted by Crippen LogP contribution is -2.34. The third-order valence-corrected chi connectivity index (χ3v) is 4.32. The molecule has 27 heavy (non-hydrogen) atoms. The van der Waals surface area contributed by atoms with Gasteiger partial charge in [-0.1, -0.05) is 84.4 Å². The van der Waals surface area contributed by atoms with Gasteiger partial charge in [-0.2, -0.15) is 0 Å². The van der Waals surface area contributed by atoms with E-state index in [2.05, 4.69) is 43.3 Å². The fraction of sp³-hybridized carbons (Fsp3) is 0.174. The molecule has 0 saturated heterocycles. The Labute approximate surface area is 166 Å². The van der Waals surface area contributed by atoms with Gasteiger partial charge in [-0.3, -0.25) is 4.79 Å². The van der Waals surface area contributed by atoms with Crippen LogP contribution >= 0.6 is 12.4 Å². The number of esters is 1. The predicted molar refractivity (Wildman–Crippen MR) is 112 cm³/mol. The van der Waals surface area contributed by atoms with Gasteiger partial charge in [-0.25, -0.2) is 0 Å². The first-order valence-electron chi connectivity index (χ1n) is 8.74. The Bertz CT molecular complexity index is 846. The number of halogens is 1. The van der Waals surface area contributed by atoms with Gasteiger partial charge in [-0.05, 0) is 35.6 Å². The van der Waals surface area contributed by atoms with Crippen molar-refractivity contribution in [3.63, 3.8) is 0 Å². The average Bonchev–Trinajstić information content (AvgIpc) is 2.68. The minimum atomic E-state index is -0.663. The van der Waals surface area contributed by atoms with E-state index in [1.54, 1.807) is 0 Å². The van der Waals surface area contributed by atoms with Crippen LogP contribution < -0.4 is 5.73 Å². The Kier molecular flexibility index (Phi) is 7.59. The van der Waals surface area contributed by atoms with Gasteiger partial charge in [-0.15, -0.1) is 12.4 Å². The number of rotatable bonds is 6. The number of nitrogens with two attached hydrogens (primary N) is 1. The molecule has 0 aliphatic rings. The standard InChI is InChI=1S/C23H23NO2.ClH/c1-17-7-11-20(12-8-17)21-13-9-18(10-14-21)15-22(24)23(25)26-16-19-5-3-2-4-6-19;/h2-14,22H,15-16,24H2,1H3;1H. The first-order valence-corrected chi connectivity index (χ1v) is 8.74. The van der Waals surface area contributed by atoms with Crippen LogP contribution in [0.2, 0.25) is 0 Å². The Hall–Kier alpha value is -2.62. The van der Waals surface area contributed by atoms with Crippen LogP contribution in [0.15, 0.2) is 78.9 Å². The lowest BCUT2D eigenvalue weighted by Gasteiger charge is -2.12. The molecule has 0 amide bonds. The summed E-state index contributed by atoms with van der Waals surface area (Å²) in [5.41, 5.74) is 11.5. The van der Waals surface area contributed by atoms with E-state index in [1.165, 1.54) is 11.1 Å². The van der Waals surface area contributed by atoms with Crippen LogP contribution in [0.5, 0.6) is 0 Å². The molecule has 0 saturated carbocycles. The van der Waals surface area contributed by atoms with Crippen LogP contribution in [0.25, 0.3) is 11.1 Å². The zero-order valence-electron chi connectivity index (χ0n) is 15.3.